The molecule has 2 aromatic heterocycles. The van der Waals surface area contributed by atoms with E-state index in [0.717, 1.165) is 16.6 Å². The second kappa shape index (κ2) is 9.40. The van der Waals surface area contributed by atoms with E-state index in [4.69, 9.17) is 19.3 Å². The molecule has 0 aliphatic carbocycles. The molecule has 0 saturated heterocycles. The summed E-state index contributed by atoms with van der Waals surface area (Å²) < 4.78 is 17.6. The number of hydrogen-bond acceptors (Lipinski definition) is 7. The van der Waals surface area contributed by atoms with Crippen molar-refractivity contribution in [2.45, 2.75) is 13.8 Å². The van der Waals surface area contributed by atoms with Gasteiger partial charge in [0.1, 0.15) is 17.4 Å². The van der Waals surface area contributed by atoms with Gasteiger partial charge in [-0.1, -0.05) is 30.3 Å². The van der Waals surface area contributed by atoms with Crippen LogP contribution in [-0.4, -0.2) is 41.1 Å². The summed E-state index contributed by atoms with van der Waals surface area (Å²) in [6.07, 6.45) is 0. The number of carbonyl (C=O) groups excluding carboxylic acids is 1. The Hall–Kier alpha value is -4.38. The SMILES string of the molecule is CCOC(=O)COc1nc2c(c(C)nn2-c2ccccc2)c(-c2ccc(OC)cc2)c1C#N. The molecule has 0 saturated carbocycles. The number of rotatable bonds is 7. The number of carbonyl (C=O) groups is 1. The monoisotopic (exact) mass is 442 g/mol. The number of ether oxygens (including phenoxy) is 3. The molecule has 0 aliphatic rings. The number of para-hydroxylation sites is 1. The highest BCUT2D eigenvalue weighted by molar-refractivity contribution is 5.99. The van der Waals surface area contributed by atoms with Crippen molar-refractivity contribution < 1.29 is 19.0 Å². The number of aromatic nitrogens is 3. The van der Waals surface area contributed by atoms with E-state index in [-0.39, 0.29) is 24.7 Å². The molecule has 0 bridgehead atoms. The summed E-state index contributed by atoms with van der Waals surface area (Å²) in [6.45, 7) is 3.46. The molecule has 4 aromatic rings. The van der Waals surface area contributed by atoms with Crippen molar-refractivity contribution in [2.24, 2.45) is 0 Å². The minimum Gasteiger partial charge on any atom is -0.497 e. The van der Waals surface area contributed by atoms with Gasteiger partial charge in [0.15, 0.2) is 12.3 Å². The Morgan fingerprint density at radius 3 is 2.48 bits per heavy atom. The van der Waals surface area contributed by atoms with Crippen LogP contribution in [0.1, 0.15) is 18.2 Å². The maximum Gasteiger partial charge on any atom is 0.344 e. The first-order chi connectivity index (χ1) is 16.1. The minimum atomic E-state index is -0.540. The minimum absolute atomic E-state index is 0.0425. The van der Waals surface area contributed by atoms with Gasteiger partial charge in [-0.05, 0) is 43.7 Å². The molecule has 0 spiro atoms. The van der Waals surface area contributed by atoms with Gasteiger partial charge in [0.25, 0.3) is 0 Å². The lowest BCUT2D eigenvalue weighted by Crippen LogP contribution is -2.16. The summed E-state index contributed by atoms with van der Waals surface area (Å²) in [5.41, 5.74) is 3.65. The second-order valence-electron chi connectivity index (χ2n) is 7.13. The highest BCUT2D eigenvalue weighted by atomic mass is 16.6. The summed E-state index contributed by atoms with van der Waals surface area (Å²) in [7, 11) is 1.59. The maximum atomic E-state index is 11.9. The predicted octanol–water partition coefficient (Wildman–Crippen LogP) is 4.22. The van der Waals surface area contributed by atoms with Gasteiger partial charge in [0, 0.05) is 5.56 Å². The third kappa shape index (κ3) is 4.21. The third-order valence-corrected chi connectivity index (χ3v) is 5.08. The quantitative estimate of drug-likeness (QED) is 0.395. The standard InChI is InChI=1S/C25H22N4O4/c1-4-32-21(30)15-33-25-20(14-26)23(17-10-12-19(31-3)13-11-17)22-16(2)28-29(24(22)27-25)18-8-6-5-7-9-18/h5-13H,4,15H2,1-3H3. The van der Waals surface area contributed by atoms with E-state index in [9.17, 15) is 10.1 Å². The molecule has 166 valence electrons. The number of pyridine rings is 1. The van der Waals surface area contributed by atoms with E-state index < -0.39 is 5.97 Å². The topological polar surface area (TPSA) is 99.3 Å². The Kier molecular flexibility index (Phi) is 6.22. The fourth-order valence-electron chi connectivity index (χ4n) is 3.63. The highest BCUT2D eigenvalue weighted by Crippen LogP contribution is 2.38. The maximum absolute atomic E-state index is 11.9. The number of hydrogen-bond donors (Lipinski definition) is 0. The second-order valence-corrected chi connectivity index (χ2v) is 7.13. The van der Waals surface area contributed by atoms with Crippen LogP contribution in [0.5, 0.6) is 11.6 Å². The lowest BCUT2D eigenvalue weighted by molar-refractivity contribution is -0.145. The molecule has 0 amide bonds. The molecule has 0 N–H and O–H groups in total. The molecular weight excluding hydrogens is 420 g/mol. The van der Waals surface area contributed by atoms with Crippen molar-refractivity contribution in [3.63, 3.8) is 0 Å². The van der Waals surface area contributed by atoms with Crippen molar-refractivity contribution >= 4 is 17.0 Å². The van der Waals surface area contributed by atoms with E-state index in [1.165, 1.54) is 0 Å². The van der Waals surface area contributed by atoms with Gasteiger partial charge in [0.05, 0.1) is 30.5 Å². The average Bonchev–Trinajstić information content (AvgIpc) is 3.18. The van der Waals surface area contributed by atoms with Gasteiger partial charge in [-0.2, -0.15) is 15.3 Å². The van der Waals surface area contributed by atoms with Gasteiger partial charge in [-0.15, -0.1) is 0 Å². The number of nitrogens with zero attached hydrogens (tertiary/aromatic N) is 4. The number of benzene rings is 2. The summed E-state index contributed by atoms with van der Waals surface area (Å²) in [5.74, 6) is 0.195. The largest absolute Gasteiger partial charge is 0.497 e. The number of nitriles is 1. The average molecular weight is 442 g/mol. The van der Waals surface area contributed by atoms with E-state index >= 15 is 0 Å². The summed E-state index contributed by atoms with van der Waals surface area (Å²) in [5, 5.41) is 15.5. The first kappa shape index (κ1) is 21.8. The van der Waals surface area contributed by atoms with E-state index in [2.05, 4.69) is 11.1 Å². The van der Waals surface area contributed by atoms with Crippen LogP contribution in [0, 0.1) is 18.3 Å². The van der Waals surface area contributed by atoms with Gasteiger partial charge >= 0.3 is 5.97 Å². The first-order valence-corrected chi connectivity index (χ1v) is 10.4. The van der Waals surface area contributed by atoms with E-state index in [0.29, 0.717) is 22.7 Å². The molecule has 2 aromatic carbocycles. The van der Waals surface area contributed by atoms with Crippen molar-refractivity contribution in [2.75, 3.05) is 20.3 Å². The number of methoxy groups -OCH3 is 1. The van der Waals surface area contributed by atoms with Crippen LogP contribution >= 0.6 is 0 Å². The number of aryl methyl sites for hydroxylation is 1. The molecule has 8 nitrogen and oxygen atoms in total. The van der Waals surface area contributed by atoms with Crippen LogP contribution in [0.25, 0.3) is 27.8 Å². The fraction of sp³-hybridized carbons (Fsp3) is 0.200. The molecule has 2 heterocycles. The van der Waals surface area contributed by atoms with Crippen LogP contribution in [0.15, 0.2) is 54.6 Å². The lowest BCUT2D eigenvalue weighted by Gasteiger charge is -2.13. The van der Waals surface area contributed by atoms with Gasteiger partial charge in [-0.3, -0.25) is 0 Å². The molecule has 0 atom stereocenters. The Morgan fingerprint density at radius 2 is 1.85 bits per heavy atom. The zero-order chi connectivity index (χ0) is 23.4. The lowest BCUT2D eigenvalue weighted by atomic mass is 9.97. The van der Waals surface area contributed by atoms with Crippen molar-refractivity contribution in [3.05, 3.63) is 65.9 Å². The predicted molar refractivity (Wildman–Crippen MR) is 122 cm³/mol. The van der Waals surface area contributed by atoms with Gasteiger partial charge < -0.3 is 14.2 Å². The van der Waals surface area contributed by atoms with Crippen LogP contribution in [0.3, 0.4) is 0 Å². The molecule has 33 heavy (non-hydrogen) atoms. The highest BCUT2D eigenvalue weighted by Gasteiger charge is 2.24. The Bertz CT molecular complexity index is 1340. The van der Waals surface area contributed by atoms with E-state index in [1.807, 2.05) is 61.5 Å². The molecular formula is C25H22N4O4. The summed E-state index contributed by atoms with van der Waals surface area (Å²) >= 11 is 0. The fourth-order valence-corrected chi connectivity index (χ4v) is 3.63. The Morgan fingerprint density at radius 1 is 1.12 bits per heavy atom. The zero-order valence-corrected chi connectivity index (χ0v) is 18.5. The Labute approximate surface area is 191 Å². The molecule has 0 unspecified atom stereocenters. The first-order valence-electron chi connectivity index (χ1n) is 10.4. The van der Waals surface area contributed by atoms with Gasteiger partial charge in [-0.25, -0.2) is 9.48 Å². The van der Waals surface area contributed by atoms with E-state index in [1.54, 1.807) is 18.7 Å². The third-order valence-electron chi connectivity index (χ3n) is 5.08. The van der Waals surface area contributed by atoms with Crippen LogP contribution in [0.4, 0.5) is 0 Å². The van der Waals surface area contributed by atoms with Crippen molar-refractivity contribution in [1.82, 2.24) is 14.8 Å². The zero-order valence-electron chi connectivity index (χ0n) is 18.5. The molecule has 0 radical (unpaired) electrons. The molecule has 8 heteroatoms. The Balaban J connectivity index is 1.98. The molecule has 4 rings (SSSR count). The summed E-state index contributed by atoms with van der Waals surface area (Å²) in [4.78, 5) is 16.5. The molecule has 0 fully saturated rings. The van der Waals surface area contributed by atoms with Crippen molar-refractivity contribution in [3.8, 4) is 34.5 Å². The number of fused-ring (bicyclic) bond motifs is 1. The normalized spacial score (nSPS) is 10.6. The smallest absolute Gasteiger partial charge is 0.344 e. The van der Waals surface area contributed by atoms with Crippen LogP contribution in [0.2, 0.25) is 0 Å². The van der Waals surface area contributed by atoms with Crippen LogP contribution < -0.4 is 9.47 Å². The number of esters is 1. The van der Waals surface area contributed by atoms with Crippen LogP contribution in [-0.2, 0) is 9.53 Å². The van der Waals surface area contributed by atoms with Gasteiger partial charge in [0.2, 0.25) is 5.88 Å². The molecule has 0 aliphatic heterocycles. The summed E-state index contributed by atoms with van der Waals surface area (Å²) in [6, 6.07) is 19.1. The van der Waals surface area contributed by atoms with Crippen molar-refractivity contribution in [1.29, 1.82) is 5.26 Å².